The highest BCUT2D eigenvalue weighted by molar-refractivity contribution is 5.89. The fourth-order valence-corrected chi connectivity index (χ4v) is 2.28. The van der Waals surface area contributed by atoms with Crippen molar-refractivity contribution in [2.24, 2.45) is 5.84 Å². The molecule has 0 atom stereocenters. The molecule has 5 N–H and O–H groups in total. The number of hydrogen-bond donors (Lipinski definition) is 4. The van der Waals surface area contributed by atoms with Gasteiger partial charge in [0.2, 0.25) is 0 Å². The van der Waals surface area contributed by atoms with Crippen LogP contribution in [0.3, 0.4) is 0 Å². The maximum absolute atomic E-state index is 11.8. The van der Waals surface area contributed by atoms with Crippen molar-refractivity contribution in [3.05, 3.63) is 30.3 Å². The van der Waals surface area contributed by atoms with Crippen molar-refractivity contribution in [2.75, 3.05) is 5.32 Å². The highest BCUT2D eigenvalue weighted by atomic mass is 16.2. The van der Waals surface area contributed by atoms with Gasteiger partial charge in [0.05, 0.1) is 0 Å². The molecule has 0 spiro atoms. The van der Waals surface area contributed by atoms with Crippen LogP contribution in [0, 0.1) is 0 Å². The number of rotatable bonds is 3. The summed E-state index contributed by atoms with van der Waals surface area (Å²) in [5.74, 6) is 5.40. The van der Waals surface area contributed by atoms with Gasteiger partial charge in [0.1, 0.15) is 0 Å². The molecule has 0 heterocycles. The Labute approximate surface area is 107 Å². The lowest BCUT2D eigenvalue weighted by Gasteiger charge is -2.28. The van der Waals surface area contributed by atoms with E-state index in [4.69, 9.17) is 5.84 Å². The monoisotopic (exact) mass is 248 g/mol. The summed E-state index contributed by atoms with van der Waals surface area (Å²) >= 11 is 0. The Kier molecular flexibility index (Phi) is 4.55. The van der Waals surface area contributed by atoms with Crippen LogP contribution in [0.5, 0.6) is 0 Å². The normalized spacial score (nSPS) is 23.4. The van der Waals surface area contributed by atoms with E-state index in [2.05, 4.69) is 16.1 Å². The zero-order valence-electron chi connectivity index (χ0n) is 10.4. The van der Waals surface area contributed by atoms with Crippen LogP contribution >= 0.6 is 0 Å². The third-order valence-electron chi connectivity index (χ3n) is 3.33. The summed E-state index contributed by atoms with van der Waals surface area (Å²) in [4.78, 5) is 11.8. The molecule has 5 nitrogen and oxygen atoms in total. The van der Waals surface area contributed by atoms with Crippen molar-refractivity contribution < 1.29 is 4.79 Å². The third-order valence-corrected chi connectivity index (χ3v) is 3.33. The lowest BCUT2D eigenvalue weighted by molar-refractivity contribution is 0.240. The predicted molar refractivity (Wildman–Crippen MR) is 72.0 cm³/mol. The number of nitrogens with two attached hydrogens (primary N) is 1. The first-order valence-corrected chi connectivity index (χ1v) is 6.36. The molecule has 18 heavy (non-hydrogen) atoms. The lowest BCUT2D eigenvalue weighted by atomic mass is 9.92. The SMILES string of the molecule is NNC1CCC(NC(=O)Nc2ccccc2)CC1. The van der Waals surface area contributed by atoms with E-state index in [-0.39, 0.29) is 12.1 Å². The van der Waals surface area contributed by atoms with Crippen LogP contribution in [0.4, 0.5) is 10.5 Å². The highest BCUT2D eigenvalue weighted by Crippen LogP contribution is 2.18. The Morgan fingerprint density at radius 2 is 1.67 bits per heavy atom. The van der Waals surface area contributed by atoms with Crippen LogP contribution in [0.2, 0.25) is 0 Å². The van der Waals surface area contributed by atoms with E-state index in [0.29, 0.717) is 6.04 Å². The molecule has 0 aromatic heterocycles. The second-order valence-corrected chi connectivity index (χ2v) is 4.68. The fraction of sp³-hybridized carbons (Fsp3) is 0.462. The summed E-state index contributed by atoms with van der Waals surface area (Å²) in [7, 11) is 0. The van der Waals surface area contributed by atoms with Gasteiger partial charge >= 0.3 is 6.03 Å². The first-order valence-electron chi connectivity index (χ1n) is 6.36. The van der Waals surface area contributed by atoms with Gasteiger partial charge in [0.15, 0.2) is 0 Å². The number of nitrogens with one attached hydrogen (secondary N) is 3. The van der Waals surface area contributed by atoms with Crippen molar-refractivity contribution in [3.63, 3.8) is 0 Å². The van der Waals surface area contributed by atoms with Gasteiger partial charge < -0.3 is 10.6 Å². The number of hydrogen-bond acceptors (Lipinski definition) is 3. The smallest absolute Gasteiger partial charge is 0.319 e. The second-order valence-electron chi connectivity index (χ2n) is 4.68. The van der Waals surface area contributed by atoms with Crippen LogP contribution in [-0.4, -0.2) is 18.1 Å². The topological polar surface area (TPSA) is 79.2 Å². The molecule has 1 aromatic rings. The van der Waals surface area contributed by atoms with E-state index in [1.165, 1.54) is 0 Å². The van der Waals surface area contributed by atoms with E-state index >= 15 is 0 Å². The molecule has 1 aromatic carbocycles. The molecule has 5 heteroatoms. The minimum atomic E-state index is -0.134. The van der Waals surface area contributed by atoms with Gasteiger partial charge in [0, 0.05) is 17.8 Å². The van der Waals surface area contributed by atoms with Gasteiger partial charge in [-0.05, 0) is 37.8 Å². The zero-order valence-corrected chi connectivity index (χ0v) is 10.4. The molecule has 1 saturated carbocycles. The molecule has 0 saturated heterocycles. The Morgan fingerprint density at radius 1 is 1.06 bits per heavy atom. The molecule has 2 amide bonds. The number of hydrazine groups is 1. The number of amides is 2. The summed E-state index contributed by atoms with van der Waals surface area (Å²) in [6.45, 7) is 0. The molecule has 0 bridgehead atoms. The minimum Gasteiger partial charge on any atom is -0.335 e. The summed E-state index contributed by atoms with van der Waals surface area (Å²) in [6, 6.07) is 9.96. The lowest BCUT2D eigenvalue weighted by Crippen LogP contribution is -2.45. The van der Waals surface area contributed by atoms with Gasteiger partial charge in [-0.3, -0.25) is 11.3 Å². The Bertz CT molecular complexity index is 374. The summed E-state index contributed by atoms with van der Waals surface area (Å²) in [5.41, 5.74) is 3.60. The number of para-hydroxylation sites is 1. The first-order chi connectivity index (χ1) is 8.78. The molecule has 1 fully saturated rings. The maximum Gasteiger partial charge on any atom is 0.319 e. The standard InChI is InChI=1S/C13H20N4O/c14-17-12-8-6-11(7-9-12)16-13(18)15-10-4-2-1-3-5-10/h1-5,11-12,17H,6-9,14H2,(H2,15,16,18). The third kappa shape index (κ3) is 3.72. The van der Waals surface area contributed by atoms with Crippen molar-refractivity contribution in [1.82, 2.24) is 10.7 Å². The van der Waals surface area contributed by atoms with Crippen molar-refractivity contribution >= 4 is 11.7 Å². The molecule has 0 unspecified atom stereocenters. The molecular formula is C13H20N4O. The van der Waals surface area contributed by atoms with Crippen LogP contribution in [-0.2, 0) is 0 Å². The molecule has 2 rings (SSSR count). The van der Waals surface area contributed by atoms with Gasteiger partial charge in [-0.15, -0.1) is 0 Å². The van der Waals surface area contributed by atoms with Gasteiger partial charge in [-0.1, -0.05) is 18.2 Å². The summed E-state index contributed by atoms with van der Waals surface area (Å²) < 4.78 is 0. The van der Waals surface area contributed by atoms with Crippen LogP contribution in [0.25, 0.3) is 0 Å². The predicted octanol–water partition coefficient (Wildman–Crippen LogP) is 1.58. The minimum absolute atomic E-state index is 0.134. The van der Waals surface area contributed by atoms with Crippen molar-refractivity contribution in [1.29, 1.82) is 0 Å². The summed E-state index contributed by atoms with van der Waals surface area (Å²) in [5, 5.41) is 5.82. The molecule has 98 valence electrons. The number of urea groups is 1. The molecule has 1 aliphatic rings. The van der Waals surface area contributed by atoms with E-state index in [1.54, 1.807) is 0 Å². The van der Waals surface area contributed by atoms with Gasteiger partial charge in [-0.25, -0.2) is 4.79 Å². The zero-order chi connectivity index (χ0) is 12.8. The van der Waals surface area contributed by atoms with E-state index in [9.17, 15) is 4.79 Å². The van der Waals surface area contributed by atoms with Crippen molar-refractivity contribution in [3.8, 4) is 0 Å². The molecule has 0 radical (unpaired) electrons. The second kappa shape index (κ2) is 6.37. The van der Waals surface area contributed by atoms with E-state index in [0.717, 1.165) is 31.4 Å². The van der Waals surface area contributed by atoms with Crippen LogP contribution < -0.4 is 21.9 Å². The van der Waals surface area contributed by atoms with E-state index in [1.807, 2.05) is 30.3 Å². The summed E-state index contributed by atoms with van der Waals surface area (Å²) in [6.07, 6.45) is 3.95. The number of carbonyl (C=O) groups excluding carboxylic acids is 1. The van der Waals surface area contributed by atoms with Gasteiger partial charge in [-0.2, -0.15) is 0 Å². The molecule has 1 aliphatic carbocycles. The molecular weight excluding hydrogens is 228 g/mol. The Hall–Kier alpha value is -1.59. The Morgan fingerprint density at radius 3 is 2.28 bits per heavy atom. The average molecular weight is 248 g/mol. The molecule has 0 aliphatic heterocycles. The van der Waals surface area contributed by atoms with Crippen LogP contribution in [0.1, 0.15) is 25.7 Å². The van der Waals surface area contributed by atoms with E-state index < -0.39 is 0 Å². The van der Waals surface area contributed by atoms with Crippen molar-refractivity contribution in [2.45, 2.75) is 37.8 Å². The number of anilines is 1. The largest absolute Gasteiger partial charge is 0.335 e. The van der Waals surface area contributed by atoms with Crippen LogP contribution in [0.15, 0.2) is 30.3 Å². The van der Waals surface area contributed by atoms with Gasteiger partial charge in [0.25, 0.3) is 0 Å². The highest BCUT2D eigenvalue weighted by Gasteiger charge is 2.21. The Balaban J connectivity index is 1.75. The number of carbonyl (C=O) groups is 1. The quantitative estimate of drug-likeness (QED) is 0.484. The first kappa shape index (κ1) is 12.9. The number of benzene rings is 1. The fourth-order valence-electron chi connectivity index (χ4n) is 2.28. The average Bonchev–Trinajstić information content (AvgIpc) is 2.40. The maximum atomic E-state index is 11.8.